The lowest BCUT2D eigenvalue weighted by Crippen LogP contribution is -2.39. The van der Waals surface area contributed by atoms with Crippen molar-refractivity contribution in [1.82, 2.24) is 0 Å². The Hall–Kier alpha value is -0.900. The topological polar surface area (TPSA) is 38.7 Å². The summed E-state index contributed by atoms with van der Waals surface area (Å²) in [4.78, 5) is 0. The van der Waals surface area contributed by atoms with Crippen LogP contribution in [0.5, 0.6) is 0 Å². The van der Waals surface area contributed by atoms with E-state index < -0.39 is 6.29 Å². The second-order valence-electron chi connectivity index (χ2n) is 5.59. The van der Waals surface area contributed by atoms with Crippen molar-refractivity contribution in [3.8, 4) is 0 Å². The van der Waals surface area contributed by atoms with Gasteiger partial charge in [-0.1, -0.05) is 44.2 Å². The van der Waals surface area contributed by atoms with Gasteiger partial charge in [-0.3, -0.25) is 0 Å². The van der Waals surface area contributed by atoms with Gasteiger partial charge in [-0.2, -0.15) is 0 Å². The van der Waals surface area contributed by atoms with E-state index in [-0.39, 0.29) is 6.10 Å². The molecular formula is C16H24O3. The summed E-state index contributed by atoms with van der Waals surface area (Å²) < 4.78 is 11.4. The van der Waals surface area contributed by atoms with Gasteiger partial charge in [-0.25, -0.2) is 0 Å². The minimum absolute atomic E-state index is 0.0968. The van der Waals surface area contributed by atoms with Crippen LogP contribution in [0.25, 0.3) is 0 Å². The Kier molecular flexibility index (Phi) is 5.37. The van der Waals surface area contributed by atoms with Gasteiger partial charge in [0.05, 0.1) is 19.3 Å². The van der Waals surface area contributed by atoms with Gasteiger partial charge in [0.2, 0.25) is 0 Å². The van der Waals surface area contributed by atoms with Crippen LogP contribution in [0.2, 0.25) is 0 Å². The normalized spacial score (nSPS) is 29.1. The van der Waals surface area contributed by atoms with E-state index in [1.165, 1.54) is 5.56 Å². The van der Waals surface area contributed by atoms with E-state index in [0.717, 1.165) is 12.8 Å². The molecule has 1 aliphatic heterocycles. The van der Waals surface area contributed by atoms with Gasteiger partial charge in [0, 0.05) is 5.92 Å². The number of hydrogen-bond donors (Lipinski definition) is 1. The molecule has 4 atom stereocenters. The summed E-state index contributed by atoms with van der Waals surface area (Å²) in [5, 5.41) is 9.59. The first-order valence-electron chi connectivity index (χ1n) is 7.12. The molecular weight excluding hydrogens is 240 g/mol. The summed E-state index contributed by atoms with van der Waals surface area (Å²) in [6.45, 7) is 5.61. The first-order valence-corrected chi connectivity index (χ1v) is 7.12. The Labute approximate surface area is 115 Å². The molecule has 0 bridgehead atoms. The van der Waals surface area contributed by atoms with Crippen molar-refractivity contribution in [1.29, 1.82) is 0 Å². The van der Waals surface area contributed by atoms with E-state index in [4.69, 9.17) is 9.47 Å². The largest absolute Gasteiger partial charge is 0.376 e. The third-order valence-electron chi connectivity index (χ3n) is 3.80. The predicted molar refractivity (Wildman–Crippen MR) is 74.5 cm³/mol. The highest BCUT2D eigenvalue weighted by atomic mass is 16.6. The molecule has 19 heavy (non-hydrogen) atoms. The van der Waals surface area contributed by atoms with Crippen molar-refractivity contribution in [3.63, 3.8) is 0 Å². The second kappa shape index (κ2) is 7.04. The van der Waals surface area contributed by atoms with Gasteiger partial charge in [0.25, 0.3) is 0 Å². The number of benzene rings is 1. The quantitative estimate of drug-likeness (QED) is 0.888. The molecule has 0 aromatic heterocycles. The van der Waals surface area contributed by atoms with Crippen LogP contribution >= 0.6 is 0 Å². The summed E-state index contributed by atoms with van der Waals surface area (Å²) in [6.07, 6.45) is 1.27. The maximum atomic E-state index is 9.59. The molecule has 2 rings (SSSR count). The van der Waals surface area contributed by atoms with E-state index in [9.17, 15) is 5.11 Å². The van der Waals surface area contributed by atoms with Crippen LogP contribution in [0.3, 0.4) is 0 Å². The summed E-state index contributed by atoms with van der Waals surface area (Å²) in [7, 11) is 0. The molecule has 3 nitrogen and oxygen atoms in total. The average Bonchev–Trinajstić information content (AvgIpc) is 2.42. The van der Waals surface area contributed by atoms with E-state index in [2.05, 4.69) is 26.0 Å². The maximum Gasteiger partial charge on any atom is 0.154 e. The molecule has 1 N–H and O–H groups in total. The third-order valence-corrected chi connectivity index (χ3v) is 3.80. The molecule has 1 aliphatic rings. The maximum absolute atomic E-state index is 9.59. The van der Waals surface area contributed by atoms with Crippen LogP contribution in [0, 0.1) is 11.8 Å². The lowest BCUT2D eigenvalue weighted by atomic mass is 9.88. The zero-order chi connectivity index (χ0) is 13.7. The molecule has 1 aromatic rings. The smallest absolute Gasteiger partial charge is 0.154 e. The molecule has 0 amide bonds. The van der Waals surface area contributed by atoms with E-state index >= 15 is 0 Å². The Morgan fingerprint density at radius 1 is 1.32 bits per heavy atom. The van der Waals surface area contributed by atoms with E-state index in [1.807, 2.05) is 18.2 Å². The summed E-state index contributed by atoms with van der Waals surface area (Å²) in [5.41, 5.74) is 1.19. The molecule has 3 heteroatoms. The van der Waals surface area contributed by atoms with Crippen LogP contribution < -0.4 is 0 Å². The van der Waals surface area contributed by atoms with E-state index in [0.29, 0.717) is 25.0 Å². The van der Waals surface area contributed by atoms with Gasteiger partial charge in [-0.05, 0) is 24.3 Å². The summed E-state index contributed by atoms with van der Waals surface area (Å²) in [5.74, 6) is 0.785. The fraction of sp³-hybridized carbons (Fsp3) is 0.625. The number of rotatable bonds is 5. The second-order valence-corrected chi connectivity index (χ2v) is 5.59. The lowest BCUT2D eigenvalue weighted by molar-refractivity contribution is -0.198. The molecule has 0 radical (unpaired) electrons. The Morgan fingerprint density at radius 2 is 2.05 bits per heavy atom. The average molecular weight is 264 g/mol. The van der Waals surface area contributed by atoms with Gasteiger partial charge in [0.15, 0.2) is 6.29 Å². The molecule has 1 aromatic carbocycles. The van der Waals surface area contributed by atoms with Crippen molar-refractivity contribution < 1.29 is 14.6 Å². The minimum atomic E-state index is -0.599. The minimum Gasteiger partial charge on any atom is -0.376 e. The molecule has 1 saturated heterocycles. The highest BCUT2D eigenvalue weighted by Crippen LogP contribution is 2.28. The van der Waals surface area contributed by atoms with Crippen molar-refractivity contribution in [3.05, 3.63) is 35.9 Å². The zero-order valence-electron chi connectivity index (χ0n) is 11.8. The lowest BCUT2D eigenvalue weighted by Gasteiger charge is -2.36. The Bertz CT molecular complexity index is 366. The molecule has 106 valence electrons. The zero-order valence-corrected chi connectivity index (χ0v) is 11.8. The van der Waals surface area contributed by atoms with Crippen LogP contribution in [0.1, 0.15) is 32.3 Å². The summed E-state index contributed by atoms with van der Waals surface area (Å²) in [6, 6.07) is 10.2. The van der Waals surface area contributed by atoms with E-state index in [1.54, 1.807) is 0 Å². The highest BCUT2D eigenvalue weighted by molar-refractivity contribution is 5.13. The van der Waals surface area contributed by atoms with Crippen LogP contribution in [-0.2, 0) is 16.1 Å². The van der Waals surface area contributed by atoms with Crippen LogP contribution in [-0.4, -0.2) is 24.1 Å². The highest BCUT2D eigenvalue weighted by Gasteiger charge is 2.31. The molecule has 1 fully saturated rings. The fourth-order valence-electron chi connectivity index (χ4n) is 2.68. The number of hydrogen-bond acceptors (Lipinski definition) is 3. The van der Waals surface area contributed by atoms with Crippen molar-refractivity contribution in [2.45, 2.75) is 45.7 Å². The fourth-order valence-corrected chi connectivity index (χ4v) is 2.68. The van der Waals surface area contributed by atoms with Crippen molar-refractivity contribution >= 4 is 0 Å². The molecule has 1 heterocycles. The van der Waals surface area contributed by atoms with Gasteiger partial charge in [0.1, 0.15) is 0 Å². The SMILES string of the molecule is C[C@@H]1CCC(O)O[C@H]1[C@@H](C)COCc1ccccc1. The van der Waals surface area contributed by atoms with Gasteiger partial charge >= 0.3 is 0 Å². The molecule has 0 saturated carbocycles. The number of aliphatic hydroxyl groups is 1. The first kappa shape index (κ1) is 14.5. The van der Waals surface area contributed by atoms with Crippen molar-refractivity contribution in [2.75, 3.05) is 6.61 Å². The third kappa shape index (κ3) is 4.30. The van der Waals surface area contributed by atoms with Crippen molar-refractivity contribution in [2.24, 2.45) is 11.8 Å². The Morgan fingerprint density at radius 3 is 2.79 bits per heavy atom. The van der Waals surface area contributed by atoms with Gasteiger partial charge < -0.3 is 14.6 Å². The van der Waals surface area contributed by atoms with Gasteiger partial charge in [-0.15, -0.1) is 0 Å². The Balaban J connectivity index is 1.76. The molecule has 0 spiro atoms. The summed E-state index contributed by atoms with van der Waals surface area (Å²) >= 11 is 0. The first-order chi connectivity index (χ1) is 9.16. The predicted octanol–water partition coefficient (Wildman–Crippen LogP) is 2.97. The number of ether oxygens (including phenoxy) is 2. The molecule has 0 aliphatic carbocycles. The van der Waals surface area contributed by atoms with Crippen LogP contribution in [0.15, 0.2) is 30.3 Å². The number of aliphatic hydroxyl groups excluding tert-OH is 1. The van der Waals surface area contributed by atoms with Crippen LogP contribution in [0.4, 0.5) is 0 Å². The monoisotopic (exact) mass is 264 g/mol. The molecule has 1 unspecified atom stereocenters. The standard InChI is InChI=1S/C16H24O3/c1-12-8-9-15(17)19-16(12)13(2)10-18-11-14-6-4-3-5-7-14/h3-7,12-13,15-17H,8-11H2,1-2H3/t12-,13+,15?,16-/m1/s1.